The molecule has 2 heterocycles. The van der Waals surface area contributed by atoms with E-state index in [1.807, 2.05) is 53.4 Å². The molecule has 0 atom stereocenters. The normalized spacial score (nSPS) is 14.3. The van der Waals surface area contributed by atoms with Crippen LogP contribution >= 0.6 is 23.7 Å². The number of hydrogen-bond donors (Lipinski definition) is 0. The average Bonchev–Trinajstić information content (AvgIpc) is 3.22. The Balaban J connectivity index is 0.00000240. The van der Waals surface area contributed by atoms with E-state index in [1.54, 1.807) is 11.3 Å². The Morgan fingerprint density at radius 3 is 2.31 bits per heavy atom. The number of aromatic nitrogens is 1. The predicted octanol–water partition coefficient (Wildman–Crippen LogP) is 3.96. The molecule has 0 N–H and O–H groups in total. The van der Waals surface area contributed by atoms with E-state index in [2.05, 4.69) is 22.4 Å². The van der Waals surface area contributed by atoms with Gasteiger partial charge < -0.3 is 9.64 Å². The van der Waals surface area contributed by atoms with E-state index < -0.39 is 0 Å². The van der Waals surface area contributed by atoms with Gasteiger partial charge in [-0.15, -0.1) is 23.7 Å². The summed E-state index contributed by atoms with van der Waals surface area (Å²) in [6, 6.07) is 19.7. The second-order valence-electron chi connectivity index (χ2n) is 6.75. The Hall–Kier alpha value is -2.41. The Kier molecular flexibility index (Phi) is 7.63. The molecule has 0 spiro atoms. The van der Waals surface area contributed by atoms with Crippen molar-refractivity contribution >= 4 is 29.7 Å². The lowest BCUT2D eigenvalue weighted by atomic mass is 10.2. The van der Waals surface area contributed by atoms with Gasteiger partial charge in [0, 0.05) is 37.1 Å². The lowest BCUT2D eigenvalue weighted by Crippen LogP contribution is -2.49. The molecule has 7 heteroatoms. The van der Waals surface area contributed by atoms with Gasteiger partial charge in [0.15, 0.2) is 6.61 Å². The van der Waals surface area contributed by atoms with Gasteiger partial charge in [-0.25, -0.2) is 4.98 Å². The minimum atomic E-state index is 0. The van der Waals surface area contributed by atoms with E-state index in [0.717, 1.165) is 54.7 Å². The highest BCUT2D eigenvalue weighted by atomic mass is 35.5. The molecular formula is C22H24ClN3O2S. The standard InChI is InChI=1S/C22H23N3O2S.ClH/c26-22(16-27-19-9-5-2-6-10-19)25-13-11-24(12-14-25)15-21-23-20(17-28-21)18-7-3-1-4-8-18;/h1-10,17H,11-16H2;1H. The second kappa shape index (κ2) is 10.4. The zero-order valence-electron chi connectivity index (χ0n) is 16.1. The summed E-state index contributed by atoms with van der Waals surface area (Å²) in [7, 11) is 0. The van der Waals surface area contributed by atoms with E-state index in [4.69, 9.17) is 9.72 Å². The molecule has 1 fully saturated rings. The zero-order valence-corrected chi connectivity index (χ0v) is 17.7. The number of carbonyl (C=O) groups excluding carboxylic acids is 1. The number of thiazole rings is 1. The number of carbonyl (C=O) groups is 1. The Labute approximate surface area is 181 Å². The molecule has 0 saturated carbocycles. The van der Waals surface area contributed by atoms with Gasteiger partial charge in [-0.1, -0.05) is 48.5 Å². The third-order valence-electron chi connectivity index (χ3n) is 4.81. The van der Waals surface area contributed by atoms with Crippen LogP contribution < -0.4 is 4.74 Å². The summed E-state index contributed by atoms with van der Waals surface area (Å²) in [6.07, 6.45) is 0. The molecule has 1 aliphatic heterocycles. The molecule has 1 aliphatic rings. The molecule has 0 unspecified atom stereocenters. The van der Waals surface area contributed by atoms with Crippen molar-refractivity contribution in [1.29, 1.82) is 0 Å². The number of hydrogen-bond acceptors (Lipinski definition) is 5. The first-order chi connectivity index (χ1) is 13.8. The van der Waals surface area contributed by atoms with E-state index in [9.17, 15) is 4.79 Å². The highest BCUT2D eigenvalue weighted by Gasteiger charge is 2.22. The van der Waals surface area contributed by atoms with Crippen LogP contribution in [0, 0.1) is 0 Å². The quantitative estimate of drug-likeness (QED) is 0.595. The van der Waals surface area contributed by atoms with Gasteiger partial charge in [0.1, 0.15) is 10.8 Å². The highest BCUT2D eigenvalue weighted by Crippen LogP contribution is 2.22. The van der Waals surface area contributed by atoms with Crippen LogP contribution in [0.25, 0.3) is 11.3 Å². The summed E-state index contributed by atoms with van der Waals surface area (Å²) >= 11 is 1.70. The fourth-order valence-corrected chi connectivity index (χ4v) is 4.07. The Morgan fingerprint density at radius 1 is 0.966 bits per heavy atom. The minimum absolute atomic E-state index is 0. The van der Waals surface area contributed by atoms with Gasteiger partial charge >= 0.3 is 0 Å². The lowest BCUT2D eigenvalue weighted by molar-refractivity contribution is -0.135. The van der Waals surface area contributed by atoms with Crippen molar-refractivity contribution in [2.24, 2.45) is 0 Å². The molecular weight excluding hydrogens is 406 g/mol. The van der Waals surface area contributed by atoms with Crippen LogP contribution in [0.1, 0.15) is 5.01 Å². The largest absolute Gasteiger partial charge is 0.484 e. The summed E-state index contributed by atoms with van der Waals surface area (Å²) < 4.78 is 5.58. The van der Waals surface area contributed by atoms with Crippen LogP contribution in [0.3, 0.4) is 0 Å². The molecule has 0 bridgehead atoms. The number of rotatable bonds is 6. The van der Waals surface area contributed by atoms with Gasteiger partial charge in [-0.05, 0) is 12.1 Å². The van der Waals surface area contributed by atoms with Gasteiger partial charge in [-0.2, -0.15) is 0 Å². The molecule has 0 radical (unpaired) electrons. The summed E-state index contributed by atoms with van der Waals surface area (Å²) in [5.41, 5.74) is 2.19. The maximum Gasteiger partial charge on any atom is 0.260 e. The molecule has 1 amide bonds. The number of benzene rings is 2. The van der Waals surface area contributed by atoms with Gasteiger partial charge in [0.05, 0.1) is 12.2 Å². The SMILES string of the molecule is Cl.O=C(COc1ccccc1)N1CCN(Cc2nc(-c3ccccc3)cs2)CC1. The second-order valence-corrected chi connectivity index (χ2v) is 7.69. The first-order valence-electron chi connectivity index (χ1n) is 9.46. The van der Waals surface area contributed by atoms with Gasteiger partial charge in [0.25, 0.3) is 5.91 Å². The maximum atomic E-state index is 12.4. The van der Waals surface area contributed by atoms with E-state index in [-0.39, 0.29) is 24.9 Å². The minimum Gasteiger partial charge on any atom is -0.484 e. The molecule has 29 heavy (non-hydrogen) atoms. The number of piperazine rings is 1. The number of nitrogens with zero attached hydrogens (tertiary/aromatic N) is 3. The first-order valence-corrected chi connectivity index (χ1v) is 10.3. The highest BCUT2D eigenvalue weighted by molar-refractivity contribution is 7.09. The third-order valence-corrected chi connectivity index (χ3v) is 5.64. The van der Waals surface area contributed by atoms with Crippen molar-refractivity contribution in [3.05, 3.63) is 71.1 Å². The molecule has 0 aliphatic carbocycles. The van der Waals surface area contributed by atoms with Gasteiger partial charge in [-0.3, -0.25) is 9.69 Å². The van der Waals surface area contributed by atoms with E-state index in [1.165, 1.54) is 0 Å². The molecule has 2 aromatic carbocycles. The molecule has 1 saturated heterocycles. The van der Waals surface area contributed by atoms with Crippen LogP contribution in [0.15, 0.2) is 66.0 Å². The monoisotopic (exact) mass is 429 g/mol. The van der Waals surface area contributed by atoms with Gasteiger partial charge in [0.2, 0.25) is 0 Å². The van der Waals surface area contributed by atoms with Crippen molar-refractivity contribution in [2.45, 2.75) is 6.54 Å². The summed E-state index contributed by atoms with van der Waals surface area (Å²) in [5.74, 6) is 0.775. The van der Waals surface area contributed by atoms with Crippen LogP contribution in [0.5, 0.6) is 5.75 Å². The van der Waals surface area contributed by atoms with Crippen molar-refractivity contribution in [3.63, 3.8) is 0 Å². The number of amides is 1. The fraction of sp³-hybridized carbons (Fsp3) is 0.273. The van der Waals surface area contributed by atoms with Crippen LogP contribution in [-0.2, 0) is 11.3 Å². The third kappa shape index (κ3) is 5.79. The first kappa shape index (κ1) is 21.3. The Morgan fingerprint density at radius 2 is 1.62 bits per heavy atom. The van der Waals surface area contributed by atoms with Crippen molar-refractivity contribution < 1.29 is 9.53 Å². The van der Waals surface area contributed by atoms with E-state index in [0.29, 0.717) is 0 Å². The Bertz CT molecular complexity index is 897. The van der Waals surface area contributed by atoms with E-state index >= 15 is 0 Å². The lowest BCUT2D eigenvalue weighted by Gasteiger charge is -2.34. The summed E-state index contributed by atoms with van der Waals surface area (Å²) in [4.78, 5) is 21.4. The molecule has 1 aromatic heterocycles. The fourth-order valence-electron chi connectivity index (χ4n) is 3.22. The van der Waals surface area contributed by atoms with Crippen LogP contribution in [-0.4, -0.2) is 53.5 Å². The van der Waals surface area contributed by atoms with Crippen molar-refractivity contribution in [3.8, 4) is 17.0 Å². The molecule has 5 nitrogen and oxygen atoms in total. The number of para-hydroxylation sites is 1. The van der Waals surface area contributed by atoms with Crippen LogP contribution in [0.4, 0.5) is 0 Å². The number of ether oxygens (including phenoxy) is 1. The molecule has 3 aromatic rings. The topological polar surface area (TPSA) is 45.7 Å². The number of halogens is 1. The van der Waals surface area contributed by atoms with Crippen molar-refractivity contribution in [2.75, 3.05) is 32.8 Å². The smallest absolute Gasteiger partial charge is 0.260 e. The van der Waals surface area contributed by atoms with Crippen LogP contribution in [0.2, 0.25) is 0 Å². The molecule has 152 valence electrons. The predicted molar refractivity (Wildman–Crippen MR) is 119 cm³/mol. The summed E-state index contributed by atoms with van der Waals surface area (Å²) in [6.45, 7) is 4.10. The maximum absolute atomic E-state index is 12.4. The summed E-state index contributed by atoms with van der Waals surface area (Å²) in [5, 5.41) is 3.23. The average molecular weight is 430 g/mol. The van der Waals surface area contributed by atoms with Crippen molar-refractivity contribution in [1.82, 2.24) is 14.8 Å². The molecule has 4 rings (SSSR count). The zero-order chi connectivity index (χ0) is 19.2.